The summed E-state index contributed by atoms with van der Waals surface area (Å²) in [5.74, 6) is 0. The van der Waals surface area contributed by atoms with E-state index in [4.69, 9.17) is 0 Å². The summed E-state index contributed by atoms with van der Waals surface area (Å²) in [4.78, 5) is 0. The smallest absolute Gasteiger partial charge is 0.171 e. The summed E-state index contributed by atoms with van der Waals surface area (Å²) in [6.07, 6.45) is 34.3. The highest BCUT2D eigenvalue weighted by molar-refractivity contribution is 5.15. The lowest BCUT2D eigenvalue weighted by atomic mass is 10.0. The first-order valence-corrected chi connectivity index (χ1v) is 14.3. The zero-order chi connectivity index (χ0) is 22.4. The van der Waals surface area contributed by atoms with E-state index in [9.17, 15) is 0 Å². The zero-order valence-electron chi connectivity index (χ0n) is 21.7. The van der Waals surface area contributed by atoms with Crippen LogP contribution >= 0.6 is 0 Å². The van der Waals surface area contributed by atoms with Gasteiger partial charge in [-0.2, -0.15) is 0 Å². The van der Waals surface area contributed by atoms with Crippen molar-refractivity contribution in [1.82, 2.24) is 0 Å². The first-order chi connectivity index (χ1) is 15.3. The monoisotopic (exact) mass is 430 g/mol. The van der Waals surface area contributed by atoms with Crippen LogP contribution in [0.3, 0.4) is 0 Å². The van der Waals surface area contributed by atoms with E-state index < -0.39 is 0 Å². The lowest BCUT2D eigenvalue weighted by molar-refractivity contribution is -0.698. The van der Waals surface area contributed by atoms with Crippen LogP contribution in [0.4, 0.5) is 0 Å². The van der Waals surface area contributed by atoms with Crippen LogP contribution in [0, 0.1) is 0 Å². The molecule has 0 N–H and O–H groups in total. The van der Waals surface area contributed by atoms with Gasteiger partial charge < -0.3 is 0 Å². The van der Waals surface area contributed by atoms with Crippen LogP contribution in [0.5, 0.6) is 0 Å². The third-order valence-electron chi connectivity index (χ3n) is 6.63. The van der Waals surface area contributed by atoms with Crippen LogP contribution in [0.25, 0.3) is 0 Å². The third kappa shape index (κ3) is 16.4. The molecule has 180 valence electrons. The van der Waals surface area contributed by atoms with Gasteiger partial charge in [0.2, 0.25) is 0 Å². The summed E-state index contributed by atoms with van der Waals surface area (Å²) in [5.41, 5.74) is 3.06. The number of unbranched alkanes of at least 4 members (excludes halogenated alkanes) is 16. The summed E-state index contributed by atoms with van der Waals surface area (Å²) >= 11 is 0. The van der Waals surface area contributed by atoms with E-state index in [1.807, 2.05) is 0 Å². The average Bonchev–Trinajstić information content (AvgIpc) is 2.76. The summed E-state index contributed by atoms with van der Waals surface area (Å²) in [6.45, 7) is 8.07. The molecule has 0 aromatic carbocycles. The minimum absolute atomic E-state index is 1.20. The van der Waals surface area contributed by atoms with Crippen LogP contribution in [0.1, 0.15) is 154 Å². The first-order valence-electron chi connectivity index (χ1n) is 14.3. The Morgan fingerprint density at radius 3 is 1.16 bits per heavy atom. The van der Waals surface area contributed by atoms with Gasteiger partial charge in [0, 0.05) is 17.5 Å². The molecule has 0 amide bonds. The lowest BCUT2D eigenvalue weighted by Gasteiger charge is -2.05. The molecule has 1 aromatic rings. The van der Waals surface area contributed by atoms with Gasteiger partial charge in [-0.25, -0.2) is 4.57 Å². The van der Waals surface area contributed by atoms with Crippen molar-refractivity contribution in [2.45, 2.75) is 162 Å². The second kappa shape index (κ2) is 21.0. The molecular weight excluding hydrogens is 374 g/mol. The molecule has 31 heavy (non-hydrogen) atoms. The summed E-state index contributed by atoms with van der Waals surface area (Å²) in [7, 11) is 0. The van der Waals surface area contributed by atoms with E-state index in [1.54, 1.807) is 0 Å². The first kappa shape index (κ1) is 28.2. The fraction of sp³-hybridized carbons (Fsp3) is 0.833. The van der Waals surface area contributed by atoms with Gasteiger partial charge in [-0.1, -0.05) is 130 Å². The van der Waals surface area contributed by atoms with Crippen molar-refractivity contribution >= 4 is 0 Å². The fourth-order valence-corrected chi connectivity index (χ4v) is 4.78. The van der Waals surface area contributed by atoms with Crippen LogP contribution in [-0.4, -0.2) is 0 Å². The third-order valence-corrected chi connectivity index (χ3v) is 6.63. The normalized spacial score (nSPS) is 11.3. The molecule has 0 fully saturated rings. The maximum Gasteiger partial charge on any atom is 0.171 e. The molecular formula is C30H56N+. The maximum atomic E-state index is 2.47. The second-order valence-corrected chi connectivity index (χ2v) is 9.95. The Kier molecular flexibility index (Phi) is 19.1. The Morgan fingerprint density at radius 1 is 0.452 bits per heavy atom. The van der Waals surface area contributed by atoms with E-state index >= 15 is 0 Å². The van der Waals surface area contributed by atoms with Crippen LogP contribution in [0.2, 0.25) is 0 Å². The van der Waals surface area contributed by atoms with Gasteiger partial charge in [-0.15, -0.1) is 0 Å². The Balaban J connectivity index is 1.93. The summed E-state index contributed by atoms with van der Waals surface area (Å²) in [5, 5.41) is 0. The molecule has 1 nitrogen and oxygen atoms in total. The molecule has 0 aliphatic rings. The van der Waals surface area contributed by atoms with Gasteiger partial charge in [0.1, 0.15) is 6.54 Å². The molecule has 0 bridgehead atoms. The van der Waals surface area contributed by atoms with Crippen molar-refractivity contribution in [2.24, 2.45) is 0 Å². The average molecular weight is 431 g/mol. The van der Waals surface area contributed by atoms with Crippen molar-refractivity contribution in [1.29, 1.82) is 0 Å². The van der Waals surface area contributed by atoms with E-state index in [-0.39, 0.29) is 0 Å². The Bertz CT molecular complexity index is 483. The van der Waals surface area contributed by atoms with Crippen molar-refractivity contribution in [3.63, 3.8) is 0 Å². The molecule has 1 heteroatoms. The predicted octanol–water partition coefficient (Wildman–Crippen LogP) is 9.53. The van der Waals surface area contributed by atoms with Gasteiger partial charge in [0.05, 0.1) is 0 Å². The lowest BCUT2D eigenvalue weighted by Crippen LogP contribution is -2.34. The number of nitrogens with zero attached hydrogens (tertiary/aromatic N) is 1. The van der Waals surface area contributed by atoms with E-state index in [2.05, 4.69) is 43.8 Å². The highest BCUT2D eigenvalue weighted by Gasteiger charge is 2.07. The number of rotatable bonds is 22. The SMILES string of the molecule is CCCCCCCCCCCCCCCCCCC[n+]1cc(CCC)cc(CCC)c1. The minimum atomic E-state index is 1.20. The largest absolute Gasteiger partial charge is 0.205 e. The highest BCUT2D eigenvalue weighted by atomic mass is 14.9. The van der Waals surface area contributed by atoms with E-state index in [1.165, 1.54) is 153 Å². The Labute approximate surface area is 196 Å². The maximum absolute atomic E-state index is 2.47. The molecule has 0 atom stereocenters. The quantitative estimate of drug-likeness (QED) is 0.127. The Hall–Kier alpha value is -0.850. The zero-order valence-corrected chi connectivity index (χ0v) is 21.7. The van der Waals surface area contributed by atoms with Crippen LogP contribution in [-0.2, 0) is 19.4 Å². The van der Waals surface area contributed by atoms with E-state index in [0.29, 0.717) is 0 Å². The molecule has 1 aromatic heterocycles. The molecule has 0 spiro atoms. The van der Waals surface area contributed by atoms with Crippen molar-refractivity contribution in [3.05, 3.63) is 29.6 Å². The van der Waals surface area contributed by atoms with Crippen molar-refractivity contribution < 1.29 is 4.57 Å². The van der Waals surface area contributed by atoms with E-state index in [0.717, 1.165) is 0 Å². The molecule has 0 aliphatic heterocycles. The number of hydrogen-bond donors (Lipinski definition) is 0. The molecule has 0 saturated carbocycles. The number of hydrogen-bond acceptors (Lipinski definition) is 0. The predicted molar refractivity (Wildman–Crippen MR) is 139 cm³/mol. The summed E-state index contributed by atoms with van der Waals surface area (Å²) in [6, 6.07) is 2.43. The molecule has 0 unspecified atom stereocenters. The second-order valence-electron chi connectivity index (χ2n) is 9.95. The molecule has 1 heterocycles. The van der Waals surface area contributed by atoms with Crippen LogP contribution < -0.4 is 4.57 Å². The van der Waals surface area contributed by atoms with Crippen molar-refractivity contribution in [3.8, 4) is 0 Å². The number of pyridine rings is 1. The van der Waals surface area contributed by atoms with Gasteiger partial charge in [-0.3, -0.25) is 0 Å². The molecule has 0 saturated heterocycles. The van der Waals surface area contributed by atoms with Gasteiger partial charge in [0.15, 0.2) is 12.4 Å². The number of aromatic nitrogens is 1. The molecule has 1 rings (SSSR count). The highest BCUT2D eigenvalue weighted by Crippen LogP contribution is 2.14. The molecule has 0 aliphatic carbocycles. The van der Waals surface area contributed by atoms with Crippen LogP contribution in [0.15, 0.2) is 18.5 Å². The standard InChI is InChI=1S/C30H56N/c1-4-7-8-9-10-11-12-13-14-15-16-17-18-19-20-21-22-25-31-27-29(23-5-2)26-30(28-31)24-6-3/h26-28H,4-25H2,1-3H3/q+1. The molecule has 0 radical (unpaired) electrons. The fourth-order valence-electron chi connectivity index (χ4n) is 4.78. The Morgan fingerprint density at radius 2 is 0.806 bits per heavy atom. The van der Waals surface area contributed by atoms with Gasteiger partial charge in [0.25, 0.3) is 0 Å². The van der Waals surface area contributed by atoms with Crippen molar-refractivity contribution in [2.75, 3.05) is 0 Å². The minimum Gasteiger partial charge on any atom is -0.205 e. The number of aryl methyl sites for hydroxylation is 3. The topological polar surface area (TPSA) is 3.88 Å². The van der Waals surface area contributed by atoms with Gasteiger partial charge >= 0.3 is 0 Å². The summed E-state index contributed by atoms with van der Waals surface area (Å²) < 4.78 is 2.47. The van der Waals surface area contributed by atoms with Gasteiger partial charge in [-0.05, 0) is 25.3 Å².